The molecule has 0 bridgehead atoms. The van der Waals surface area contributed by atoms with Gasteiger partial charge in [0.1, 0.15) is 0 Å². The first-order valence-electron chi connectivity index (χ1n) is 12.2. The lowest BCUT2D eigenvalue weighted by atomic mass is 9.86. The van der Waals surface area contributed by atoms with Crippen molar-refractivity contribution in [2.45, 2.75) is 50.7 Å². The summed E-state index contributed by atoms with van der Waals surface area (Å²) in [6.45, 7) is 6.54. The van der Waals surface area contributed by atoms with E-state index in [0.717, 1.165) is 31.6 Å². The summed E-state index contributed by atoms with van der Waals surface area (Å²) in [4.78, 5) is 5.01. The molecule has 2 aromatic carbocycles. The summed E-state index contributed by atoms with van der Waals surface area (Å²) in [5, 5.41) is 0. The van der Waals surface area contributed by atoms with Gasteiger partial charge >= 0.3 is 6.18 Å². The van der Waals surface area contributed by atoms with Gasteiger partial charge in [-0.05, 0) is 91.8 Å². The van der Waals surface area contributed by atoms with Crippen molar-refractivity contribution in [3.63, 3.8) is 0 Å². The molecule has 2 aromatic rings. The summed E-state index contributed by atoms with van der Waals surface area (Å²) in [5.74, 6) is 1.99. The number of alkyl halides is 3. The lowest BCUT2D eigenvalue weighted by Gasteiger charge is -2.22. The molecule has 3 unspecified atom stereocenters. The number of hydrogen-bond acceptors (Lipinski definition) is 2. The number of fused-ring (bicyclic) bond motifs is 1. The lowest BCUT2D eigenvalue weighted by Crippen LogP contribution is -2.22. The molecule has 3 atom stereocenters. The quantitative estimate of drug-likeness (QED) is 0.544. The van der Waals surface area contributed by atoms with Gasteiger partial charge < -0.3 is 4.90 Å². The Bertz CT molecular complexity index is 885. The summed E-state index contributed by atoms with van der Waals surface area (Å²) in [6, 6.07) is 15.0. The molecule has 1 saturated carbocycles. The summed E-state index contributed by atoms with van der Waals surface area (Å²) in [6.07, 6.45) is 2.09. The Labute approximate surface area is 189 Å². The highest BCUT2D eigenvalue weighted by atomic mass is 19.4. The van der Waals surface area contributed by atoms with Gasteiger partial charge in [0.25, 0.3) is 0 Å². The topological polar surface area (TPSA) is 6.48 Å². The maximum atomic E-state index is 12.8. The molecule has 5 heteroatoms. The highest BCUT2D eigenvalue weighted by Gasteiger charge is 2.42. The molecule has 32 heavy (non-hydrogen) atoms. The van der Waals surface area contributed by atoms with Crippen LogP contribution >= 0.6 is 0 Å². The molecule has 0 N–H and O–H groups in total. The van der Waals surface area contributed by atoms with E-state index in [0.29, 0.717) is 17.8 Å². The first-order valence-corrected chi connectivity index (χ1v) is 12.2. The summed E-state index contributed by atoms with van der Waals surface area (Å²) in [7, 11) is 0. The van der Waals surface area contributed by atoms with Crippen molar-refractivity contribution in [1.82, 2.24) is 9.80 Å². The van der Waals surface area contributed by atoms with Gasteiger partial charge in [0.15, 0.2) is 0 Å². The van der Waals surface area contributed by atoms with Crippen LogP contribution in [0.2, 0.25) is 0 Å². The van der Waals surface area contributed by atoms with Crippen LogP contribution in [-0.4, -0.2) is 42.5 Å². The van der Waals surface area contributed by atoms with E-state index < -0.39 is 11.7 Å². The second-order valence-electron chi connectivity index (χ2n) is 10.0. The predicted octanol–water partition coefficient (Wildman–Crippen LogP) is 5.97. The number of likely N-dealkylation sites (tertiary alicyclic amines) is 2. The Balaban J connectivity index is 1.16. The van der Waals surface area contributed by atoms with E-state index in [1.54, 1.807) is 12.1 Å². The summed E-state index contributed by atoms with van der Waals surface area (Å²) >= 11 is 0. The third-order valence-corrected chi connectivity index (χ3v) is 7.94. The molecule has 0 radical (unpaired) electrons. The van der Waals surface area contributed by atoms with E-state index in [9.17, 15) is 13.2 Å². The van der Waals surface area contributed by atoms with Crippen LogP contribution in [0.5, 0.6) is 0 Å². The maximum Gasteiger partial charge on any atom is 0.416 e. The van der Waals surface area contributed by atoms with Crippen molar-refractivity contribution < 1.29 is 13.2 Å². The number of hydrogen-bond donors (Lipinski definition) is 0. The second-order valence-corrected chi connectivity index (χ2v) is 10.0. The van der Waals surface area contributed by atoms with Crippen molar-refractivity contribution >= 4 is 0 Å². The van der Waals surface area contributed by atoms with Crippen LogP contribution in [-0.2, 0) is 19.1 Å². The Hall–Kier alpha value is -1.85. The minimum atomic E-state index is -4.26. The van der Waals surface area contributed by atoms with Crippen LogP contribution in [0.25, 0.3) is 0 Å². The molecule has 1 aliphatic carbocycles. The fourth-order valence-electron chi connectivity index (χ4n) is 6.18. The highest BCUT2D eigenvalue weighted by molar-refractivity contribution is 5.28. The molecule has 3 fully saturated rings. The molecule has 5 rings (SSSR count). The monoisotopic (exact) mass is 442 g/mol. The van der Waals surface area contributed by atoms with E-state index in [1.165, 1.54) is 68.6 Å². The zero-order valence-corrected chi connectivity index (χ0v) is 18.7. The average molecular weight is 443 g/mol. The standard InChI is InChI=1S/C27H33F3N2/c28-27(29,30)24-10-5-21(6-11-24)17-32-18-23-9-12-25(26(23)19-32)22-7-3-20(4-8-22)13-16-31-14-1-2-15-31/h3-8,10-11,23,25-26H,1-2,9,12-19H2. The number of benzene rings is 2. The maximum absolute atomic E-state index is 12.8. The van der Waals surface area contributed by atoms with Crippen molar-refractivity contribution in [3.8, 4) is 0 Å². The van der Waals surface area contributed by atoms with E-state index in [-0.39, 0.29) is 0 Å². The summed E-state index contributed by atoms with van der Waals surface area (Å²) < 4.78 is 38.4. The van der Waals surface area contributed by atoms with Crippen LogP contribution in [0.1, 0.15) is 53.9 Å². The van der Waals surface area contributed by atoms with E-state index in [2.05, 4.69) is 34.1 Å². The van der Waals surface area contributed by atoms with Gasteiger partial charge in [0, 0.05) is 26.2 Å². The van der Waals surface area contributed by atoms with Gasteiger partial charge in [-0.3, -0.25) is 4.90 Å². The van der Waals surface area contributed by atoms with Crippen molar-refractivity contribution in [2.24, 2.45) is 11.8 Å². The zero-order chi connectivity index (χ0) is 22.1. The van der Waals surface area contributed by atoms with Crippen LogP contribution in [0.15, 0.2) is 48.5 Å². The molecule has 0 spiro atoms. The smallest absolute Gasteiger partial charge is 0.303 e. The van der Waals surface area contributed by atoms with Crippen LogP contribution in [0.4, 0.5) is 13.2 Å². The predicted molar refractivity (Wildman–Crippen MR) is 121 cm³/mol. The largest absolute Gasteiger partial charge is 0.416 e. The molecule has 3 aliphatic rings. The molecule has 2 saturated heterocycles. The first-order chi connectivity index (χ1) is 15.5. The molecule has 0 amide bonds. The van der Waals surface area contributed by atoms with Gasteiger partial charge in [-0.2, -0.15) is 13.2 Å². The van der Waals surface area contributed by atoms with Crippen LogP contribution < -0.4 is 0 Å². The fourth-order valence-corrected chi connectivity index (χ4v) is 6.18. The van der Waals surface area contributed by atoms with E-state index >= 15 is 0 Å². The van der Waals surface area contributed by atoms with Crippen LogP contribution in [0, 0.1) is 11.8 Å². The van der Waals surface area contributed by atoms with Crippen molar-refractivity contribution in [3.05, 3.63) is 70.8 Å². The Morgan fingerprint density at radius 3 is 2.16 bits per heavy atom. The summed E-state index contributed by atoms with van der Waals surface area (Å²) in [5.41, 5.74) is 3.31. The van der Waals surface area contributed by atoms with Crippen molar-refractivity contribution in [1.29, 1.82) is 0 Å². The molecular weight excluding hydrogens is 409 g/mol. The molecule has 2 aliphatic heterocycles. The fraction of sp³-hybridized carbons (Fsp3) is 0.556. The van der Waals surface area contributed by atoms with Gasteiger partial charge in [0.2, 0.25) is 0 Å². The second kappa shape index (κ2) is 9.18. The third kappa shape index (κ3) is 4.89. The van der Waals surface area contributed by atoms with E-state index in [4.69, 9.17) is 0 Å². The minimum Gasteiger partial charge on any atom is -0.303 e. The molecule has 0 aromatic heterocycles. The Kier molecular flexibility index (Phi) is 6.31. The average Bonchev–Trinajstić information content (AvgIpc) is 3.50. The van der Waals surface area contributed by atoms with Gasteiger partial charge in [-0.15, -0.1) is 0 Å². The normalized spacial score (nSPS) is 26.7. The first kappa shape index (κ1) is 22.0. The van der Waals surface area contributed by atoms with Gasteiger partial charge in [-0.25, -0.2) is 0 Å². The van der Waals surface area contributed by atoms with E-state index in [1.807, 2.05) is 0 Å². The molecule has 172 valence electrons. The van der Waals surface area contributed by atoms with Gasteiger partial charge in [-0.1, -0.05) is 36.4 Å². The Morgan fingerprint density at radius 1 is 0.781 bits per heavy atom. The third-order valence-electron chi connectivity index (χ3n) is 7.94. The van der Waals surface area contributed by atoms with Crippen LogP contribution in [0.3, 0.4) is 0 Å². The molecular formula is C27H33F3N2. The zero-order valence-electron chi connectivity index (χ0n) is 18.7. The highest BCUT2D eigenvalue weighted by Crippen LogP contribution is 2.47. The molecule has 2 heterocycles. The number of halogens is 3. The Morgan fingerprint density at radius 2 is 1.47 bits per heavy atom. The number of nitrogens with zero attached hydrogens (tertiary/aromatic N) is 2. The SMILES string of the molecule is FC(F)(F)c1ccc(CN2CC3CCC(c4ccc(CCN5CCCC5)cc4)C3C2)cc1. The minimum absolute atomic E-state index is 0.566. The molecule has 2 nitrogen and oxygen atoms in total. The number of rotatable bonds is 6. The van der Waals surface area contributed by atoms with Gasteiger partial charge in [0.05, 0.1) is 5.56 Å². The lowest BCUT2D eigenvalue weighted by molar-refractivity contribution is -0.137. The van der Waals surface area contributed by atoms with Crippen molar-refractivity contribution in [2.75, 3.05) is 32.7 Å².